The smallest absolute Gasteiger partial charge is 0.0125 e. The molecule has 2 rings (SSSR count). The number of rotatable bonds is 1. The molecule has 0 spiro atoms. The van der Waals surface area contributed by atoms with E-state index < -0.39 is 0 Å². The van der Waals surface area contributed by atoms with Crippen molar-refractivity contribution in [3.05, 3.63) is 0 Å². The van der Waals surface area contributed by atoms with Gasteiger partial charge in [0.05, 0.1) is 0 Å². The molecular formula is C18H36N2. The monoisotopic (exact) mass is 280 g/mol. The van der Waals surface area contributed by atoms with Crippen LogP contribution in [0, 0.1) is 11.8 Å². The predicted octanol–water partition coefficient (Wildman–Crippen LogP) is 4.01. The van der Waals surface area contributed by atoms with Crippen molar-refractivity contribution in [1.29, 1.82) is 0 Å². The Bertz CT molecular complexity index is 302. The van der Waals surface area contributed by atoms with Gasteiger partial charge in [-0.15, -0.1) is 0 Å². The lowest BCUT2D eigenvalue weighted by atomic mass is 9.78. The van der Waals surface area contributed by atoms with Crippen LogP contribution in [0.2, 0.25) is 0 Å². The number of nitrogens with zero attached hydrogens (tertiary/aromatic N) is 2. The van der Waals surface area contributed by atoms with Crippen LogP contribution in [-0.2, 0) is 0 Å². The van der Waals surface area contributed by atoms with Gasteiger partial charge in [0.2, 0.25) is 0 Å². The second-order valence-electron chi connectivity index (χ2n) is 9.01. The van der Waals surface area contributed by atoms with Crippen LogP contribution >= 0.6 is 0 Å². The van der Waals surface area contributed by atoms with Crippen LogP contribution in [0.25, 0.3) is 0 Å². The Kier molecular flexibility index (Phi) is 4.86. The van der Waals surface area contributed by atoms with Gasteiger partial charge in [-0.2, -0.15) is 0 Å². The van der Waals surface area contributed by atoms with Crippen LogP contribution in [-0.4, -0.2) is 47.1 Å². The van der Waals surface area contributed by atoms with Crippen LogP contribution in [0.1, 0.15) is 67.2 Å². The molecule has 2 heterocycles. The first kappa shape index (κ1) is 16.3. The fraction of sp³-hybridized carbons (Fsp3) is 1.00. The molecule has 2 fully saturated rings. The van der Waals surface area contributed by atoms with Gasteiger partial charge in [-0.1, -0.05) is 0 Å². The second-order valence-corrected chi connectivity index (χ2v) is 9.01. The Morgan fingerprint density at radius 2 is 1.20 bits per heavy atom. The predicted molar refractivity (Wildman–Crippen MR) is 88.1 cm³/mol. The van der Waals surface area contributed by atoms with E-state index in [0.29, 0.717) is 11.1 Å². The Hall–Kier alpha value is -0.0800. The van der Waals surface area contributed by atoms with E-state index >= 15 is 0 Å². The highest BCUT2D eigenvalue weighted by atomic mass is 15.2. The molecule has 20 heavy (non-hydrogen) atoms. The number of hydrogen-bond acceptors (Lipinski definition) is 2. The maximum atomic E-state index is 2.72. The molecule has 1 unspecified atom stereocenters. The van der Waals surface area contributed by atoms with Crippen LogP contribution in [0.5, 0.6) is 0 Å². The maximum Gasteiger partial charge on any atom is 0.0125 e. The molecule has 0 aliphatic carbocycles. The molecule has 0 aromatic carbocycles. The van der Waals surface area contributed by atoms with E-state index in [9.17, 15) is 0 Å². The van der Waals surface area contributed by atoms with Crippen molar-refractivity contribution in [2.75, 3.05) is 26.2 Å². The number of piperidine rings is 2. The van der Waals surface area contributed by atoms with Crippen molar-refractivity contribution in [2.24, 2.45) is 11.8 Å². The van der Waals surface area contributed by atoms with Gasteiger partial charge >= 0.3 is 0 Å². The summed E-state index contributed by atoms with van der Waals surface area (Å²) in [6.07, 6.45) is 5.70. The standard InChI is InChI=1S/C18H36N2/c1-17(2,3)19-12-9-15(10-13-19)16-8-7-11-20(14-16)18(4,5)6/h15-16H,7-14H2,1-6H3. The van der Waals surface area contributed by atoms with E-state index in [0.717, 1.165) is 11.8 Å². The van der Waals surface area contributed by atoms with Gasteiger partial charge in [-0.05, 0) is 98.7 Å². The van der Waals surface area contributed by atoms with E-state index in [1.165, 1.54) is 51.9 Å². The van der Waals surface area contributed by atoms with Gasteiger partial charge in [0.25, 0.3) is 0 Å². The Balaban J connectivity index is 1.87. The largest absolute Gasteiger partial charge is 0.298 e. The van der Waals surface area contributed by atoms with E-state index in [2.05, 4.69) is 51.3 Å². The van der Waals surface area contributed by atoms with Crippen molar-refractivity contribution in [2.45, 2.75) is 78.3 Å². The average Bonchev–Trinajstić information content (AvgIpc) is 2.37. The highest BCUT2D eigenvalue weighted by molar-refractivity contribution is 4.89. The van der Waals surface area contributed by atoms with E-state index in [-0.39, 0.29) is 0 Å². The summed E-state index contributed by atoms with van der Waals surface area (Å²) in [5.74, 6) is 1.92. The molecule has 0 bridgehead atoms. The number of hydrogen-bond donors (Lipinski definition) is 0. The maximum absolute atomic E-state index is 2.72. The van der Waals surface area contributed by atoms with Gasteiger partial charge < -0.3 is 0 Å². The van der Waals surface area contributed by atoms with Crippen molar-refractivity contribution in [1.82, 2.24) is 9.80 Å². The highest BCUT2D eigenvalue weighted by Crippen LogP contribution is 2.35. The molecular weight excluding hydrogens is 244 g/mol. The molecule has 2 aliphatic rings. The van der Waals surface area contributed by atoms with Gasteiger partial charge in [0.1, 0.15) is 0 Å². The van der Waals surface area contributed by atoms with Crippen LogP contribution in [0.15, 0.2) is 0 Å². The van der Waals surface area contributed by atoms with Crippen LogP contribution < -0.4 is 0 Å². The summed E-state index contributed by atoms with van der Waals surface area (Å²) in [6.45, 7) is 19.4. The zero-order valence-electron chi connectivity index (χ0n) is 14.7. The van der Waals surface area contributed by atoms with Crippen molar-refractivity contribution >= 4 is 0 Å². The molecule has 2 saturated heterocycles. The first-order chi connectivity index (χ1) is 9.18. The third-order valence-electron chi connectivity index (χ3n) is 5.56. The van der Waals surface area contributed by atoms with E-state index in [1.54, 1.807) is 0 Å². The molecule has 0 aromatic rings. The number of likely N-dealkylation sites (tertiary alicyclic amines) is 2. The minimum Gasteiger partial charge on any atom is -0.298 e. The quantitative estimate of drug-likeness (QED) is 0.716. The summed E-state index contributed by atoms with van der Waals surface area (Å²) >= 11 is 0. The molecule has 2 heteroatoms. The van der Waals surface area contributed by atoms with Gasteiger partial charge in [0, 0.05) is 17.6 Å². The van der Waals surface area contributed by atoms with Crippen molar-refractivity contribution in [3.63, 3.8) is 0 Å². The molecule has 2 nitrogen and oxygen atoms in total. The van der Waals surface area contributed by atoms with Gasteiger partial charge in [-0.3, -0.25) is 9.80 Å². The van der Waals surface area contributed by atoms with Gasteiger partial charge in [-0.25, -0.2) is 0 Å². The zero-order valence-corrected chi connectivity index (χ0v) is 14.7. The van der Waals surface area contributed by atoms with E-state index in [4.69, 9.17) is 0 Å². The average molecular weight is 280 g/mol. The Labute approximate surface area is 126 Å². The van der Waals surface area contributed by atoms with E-state index in [1.807, 2.05) is 0 Å². The summed E-state index contributed by atoms with van der Waals surface area (Å²) in [5, 5.41) is 0. The second kappa shape index (κ2) is 5.96. The highest BCUT2D eigenvalue weighted by Gasteiger charge is 2.35. The topological polar surface area (TPSA) is 6.48 Å². The third kappa shape index (κ3) is 3.98. The molecule has 118 valence electrons. The summed E-state index contributed by atoms with van der Waals surface area (Å²) in [4.78, 5) is 5.39. The lowest BCUT2D eigenvalue weighted by Crippen LogP contribution is -2.51. The lowest BCUT2D eigenvalue weighted by molar-refractivity contribution is 0.0230. The first-order valence-corrected chi connectivity index (χ1v) is 8.68. The van der Waals surface area contributed by atoms with Crippen LogP contribution in [0.3, 0.4) is 0 Å². The van der Waals surface area contributed by atoms with Crippen molar-refractivity contribution < 1.29 is 0 Å². The third-order valence-corrected chi connectivity index (χ3v) is 5.56. The fourth-order valence-corrected chi connectivity index (χ4v) is 4.05. The van der Waals surface area contributed by atoms with Crippen molar-refractivity contribution in [3.8, 4) is 0 Å². The summed E-state index contributed by atoms with van der Waals surface area (Å²) in [7, 11) is 0. The Morgan fingerprint density at radius 3 is 1.70 bits per heavy atom. The normalized spacial score (nSPS) is 28.8. The summed E-state index contributed by atoms with van der Waals surface area (Å²) in [5.41, 5.74) is 0.708. The first-order valence-electron chi connectivity index (χ1n) is 8.68. The SMILES string of the molecule is CC(C)(C)N1CCC(C2CCCN(C(C)(C)C)C2)CC1. The molecule has 0 saturated carbocycles. The molecule has 1 atom stereocenters. The molecule has 0 aromatic heterocycles. The Morgan fingerprint density at radius 1 is 0.650 bits per heavy atom. The fourth-order valence-electron chi connectivity index (χ4n) is 4.05. The molecule has 0 radical (unpaired) electrons. The van der Waals surface area contributed by atoms with Gasteiger partial charge in [0.15, 0.2) is 0 Å². The molecule has 2 aliphatic heterocycles. The van der Waals surface area contributed by atoms with Crippen LogP contribution in [0.4, 0.5) is 0 Å². The molecule has 0 N–H and O–H groups in total. The minimum atomic E-state index is 0.352. The molecule has 0 amide bonds. The summed E-state index contributed by atoms with van der Waals surface area (Å²) < 4.78 is 0. The minimum absolute atomic E-state index is 0.352. The zero-order chi connectivity index (χ0) is 15.0. The lowest BCUT2D eigenvalue weighted by Gasteiger charge is -2.47. The summed E-state index contributed by atoms with van der Waals surface area (Å²) in [6, 6.07) is 0.